The van der Waals surface area contributed by atoms with Crippen LogP contribution in [0.4, 0.5) is 5.00 Å². The number of hydrogen-bond acceptors (Lipinski definition) is 6. The van der Waals surface area contributed by atoms with Gasteiger partial charge in [-0.25, -0.2) is 4.79 Å². The van der Waals surface area contributed by atoms with Crippen LogP contribution in [-0.2, 0) is 17.7 Å². The zero-order valence-electron chi connectivity index (χ0n) is 18.2. The molecule has 0 bridgehead atoms. The summed E-state index contributed by atoms with van der Waals surface area (Å²) in [5.41, 5.74) is 1.87. The maximum Gasteiger partial charge on any atom is 0.341 e. The highest BCUT2D eigenvalue weighted by molar-refractivity contribution is 7.17. The lowest BCUT2D eigenvalue weighted by Gasteiger charge is -2.25. The Labute approximate surface area is 191 Å². The Morgan fingerprint density at radius 1 is 1.06 bits per heavy atom. The van der Waals surface area contributed by atoms with Crippen molar-refractivity contribution in [2.24, 2.45) is 0 Å². The maximum absolute atomic E-state index is 13.2. The molecular formula is C25H26N2O4S. The number of nitrogens with zero attached hydrogens (tertiary/aromatic N) is 1. The molecule has 1 aliphatic rings. The molecule has 0 fully saturated rings. The number of carbonyl (C=O) groups excluding carboxylic acids is 2. The SMILES string of the molecule is CCOC(=O)c1c(NC(=O)c2ccccc2Oc2ccccc2)sc2c1CCN(CC)C2. The monoisotopic (exact) mass is 450 g/mol. The molecular weight excluding hydrogens is 424 g/mol. The van der Waals surface area contributed by atoms with Crippen LogP contribution >= 0.6 is 11.3 Å². The average molecular weight is 451 g/mol. The fourth-order valence-corrected chi connectivity index (χ4v) is 5.04. The second-order valence-electron chi connectivity index (χ2n) is 7.41. The van der Waals surface area contributed by atoms with Crippen molar-refractivity contribution in [2.75, 3.05) is 25.0 Å². The van der Waals surface area contributed by atoms with Crippen molar-refractivity contribution in [3.63, 3.8) is 0 Å². The summed E-state index contributed by atoms with van der Waals surface area (Å²) >= 11 is 1.45. The molecule has 0 radical (unpaired) electrons. The number of fused-ring (bicyclic) bond motifs is 1. The van der Waals surface area contributed by atoms with E-state index in [0.717, 1.165) is 36.5 Å². The molecule has 7 heteroatoms. The smallest absolute Gasteiger partial charge is 0.341 e. The Bertz CT molecular complexity index is 1110. The molecule has 0 unspecified atom stereocenters. The molecule has 0 spiro atoms. The first-order chi connectivity index (χ1) is 15.6. The third kappa shape index (κ3) is 4.69. The molecule has 1 aromatic heterocycles. The molecule has 32 heavy (non-hydrogen) atoms. The van der Waals surface area contributed by atoms with Gasteiger partial charge in [-0.1, -0.05) is 37.3 Å². The lowest BCUT2D eigenvalue weighted by molar-refractivity contribution is 0.0526. The summed E-state index contributed by atoms with van der Waals surface area (Å²) in [6.07, 6.45) is 0.761. The van der Waals surface area contributed by atoms with Crippen molar-refractivity contribution in [3.05, 3.63) is 76.2 Å². The van der Waals surface area contributed by atoms with Gasteiger partial charge in [-0.15, -0.1) is 11.3 Å². The first-order valence-electron chi connectivity index (χ1n) is 10.8. The van der Waals surface area contributed by atoms with Crippen LogP contribution in [0.15, 0.2) is 54.6 Å². The van der Waals surface area contributed by atoms with Crippen LogP contribution in [0, 0.1) is 0 Å². The number of hydrogen-bond donors (Lipinski definition) is 1. The molecule has 1 amide bonds. The maximum atomic E-state index is 13.2. The van der Waals surface area contributed by atoms with Gasteiger partial charge in [-0.3, -0.25) is 9.69 Å². The van der Waals surface area contributed by atoms with Crippen molar-refractivity contribution >= 4 is 28.2 Å². The van der Waals surface area contributed by atoms with Gasteiger partial charge in [0.05, 0.1) is 17.7 Å². The Kier molecular flexibility index (Phi) is 6.87. The van der Waals surface area contributed by atoms with Gasteiger partial charge >= 0.3 is 5.97 Å². The summed E-state index contributed by atoms with van der Waals surface area (Å²) in [5, 5.41) is 3.50. The van der Waals surface area contributed by atoms with Crippen LogP contribution in [0.5, 0.6) is 11.5 Å². The molecule has 1 N–H and O–H groups in total. The topological polar surface area (TPSA) is 67.9 Å². The Balaban J connectivity index is 1.64. The molecule has 2 aromatic carbocycles. The van der Waals surface area contributed by atoms with E-state index in [0.29, 0.717) is 27.6 Å². The molecule has 6 nitrogen and oxygen atoms in total. The minimum absolute atomic E-state index is 0.283. The van der Waals surface area contributed by atoms with E-state index < -0.39 is 0 Å². The Morgan fingerprint density at radius 2 is 1.81 bits per heavy atom. The van der Waals surface area contributed by atoms with Gasteiger partial charge in [-0.2, -0.15) is 0 Å². The van der Waals surface area contributed by atoms with E-state index in [-0.39, 0.29) is 18.5 Å². The number of nitrogens with one attached hydrogen (secondary N) is 1. The van der Waals surface area contributed by atoms with Gasteiger partial charge < -0.3 is 14.8 Å². The lowest BCUT2D eigenvalue weighted by Crippen LogP contribution is -2.30. The van der Waals surface area contributed by atoms with Crippen LogP contribution in [-0.4, -0.2) is 36.5 Å². The minimum atomic E-state index is -0.390. The van der Waals surface area contributed by atoms with Gasteiger partial charge in [0.2, 0.25) is 0 Å². The van der Waals surface area contributed by atoms with Crippen molar-refractivity contribution in [2.45, 2.75) is 26.8 Å². The van der Waals surface area contributed by atoms with Crippen LogP contribution in [0.25, 0.3) is 0 Å². The number of esters is 1. The van der Waals surface area contributed by atoms with Crippen LogP contribution in [0.3, 0.4) is 0 Å². The van der Waals surface area contributed by atoms with Gasteiger partial charge in [0.1, 0.15) is 16.5 Å². The molecule has 2 heterocycles. The summed E-state index contributed by atoms with van der Waals surface area (Å²) in [4.78, 5) is 29.4. The normalized spacial score (nSPS) is 13.3. The predicted molar refractivity (Wildman–Crippen MR) is 126 cm³/mol. The zero-order chi connectivity index (χ0) is 22.5. The van der Waals surface area contributed by atoms with Crippen molar-refractivity contribution in [1.82, 2.24) is 4.90 Å². The first-order valence-corrected chi connectivity index (χ1v) is 11.6. The van der Waals surface area contributed by atoms with Crippen LogP contribution in [0.1, 0.15) is 45.0 Å². The van der Waals surface area contributed by atoms with Gasteiger partial charge in [0.15, 0.2) is 0 Å². The fraction of sp³-hybridized carbons (Fsp3) is 0.280. The number of anilines is 1. The number of rotatable bonds is 7. The summed E-state index contributed by atoms with van der Waals surface area (Å²) in [6.45, 7) is 6.78. The third-order valence-electron chi connectivity index (χ3n) is 5.39. The van der Waals surface area contributed by atoms with E-state index in [9.17, 15) is 9.59 Å². The summed E-state index contributed by atoms with van der Waals surface area (Å²) in [6, 6.07) is 16.4. The Morgan fingerprint density at radius 3 is 2.56 bits per heavy atom. The molecule has 0 saturated carbocycles. The van der Waals surface area contributed by atoms with E-state index in [1.807, 2.05) is 36.4 Å². The average Bonchev–Trinajstić information content (AvgIpc) is 3.17. The summed E-state index contributed by atoms with van der Waals surface area (Å²) < 4.78 is 11.3. The molecule has 0 saturated heterocycles. The first kappa shape index (κ1) is 22.0. The summed E-state index contributed by atoms with van der Waals surface area (Å²) in [7, 11) is 0. The third-order valence-corrected chi connectivity index (χ3v) is 6.52. The molecule has 4 rings (SSSR count). The fourth-order valence-electron chi connectivity index (χ4n) is 3.76. The van der Waals surface area contributed by atoms with Gasteiger partial charge in [-0.05, 0) is 49.7 Å². The zero-order valence-corrected chi connectivity index (χ0v) is 19.0. The van der Waals surface area contributed by atoms with E-state index in [1.54, 1.807) is 25.1 Å². The van der Waals surface area contributed by atoms with E-state index in [4.69, 9.17) is 9.47 Å². The molecule has 0 atom stereocenters. The number of thiophene rings is 1. The quantitative estimate of drug-likeness (QED) is 0.492. The second kappa shape index (κ2) is 9.97. The second-order valence-corrected chi connectivity index (χ2v) is 8.52. The highest BCUT2D eigenvalue weighted by Gasteiger charge is 2.29. The largest absolute Gasteiger partial charge is 0.462 e. The molecule has 0 aliphatic carbocycles. The number of carbonyl (C=O) groups is 2. The van der Waals surface area contributed by atoms with Crippen molar-refractivity contribution < 1.29 is 19.1 Å². The van der Waals surface area contributed by atoms with E-state index >= 15 is 0 Å². The van der Waals surface area contributed by atoms with Gasteiger partial charge in [0.25, 0.3) is 5.91 Å². The molecule has 3 aromatic rings. The van der Waals surface area contributed by atoms with Crippen LogP contribution in [0.2, 0.25) is 0 Å². The lowest BCUT2D eigenvalue weighted by atomic mass is 10.0. The number of amides is 1. The standard InChI is InChI=1S/C25H26N2O4S/c1-3-27-15-14-19-21(16-27)32-24(22(19)25(29)30-4-2)26-23(28)18-12-8-9-13-20(18)31-17-10-6-5-7-11-17/h5-13H,3-4,14-16H2,1-2H3,(H,26,28). The van der Waals surface area contributed by atoms with Crippen molar-refractivity contribution in [3.8, 4) is 11.5 Å². The van der Waals surface area contributed by atoms with E-state index in [1.165, 1.54) is 11.3 Å². The number of ether oxygens (including phenoxy) is 2. The minimum Gasteiger partial charge on any atom is -0.462 e. The molecule has 166 valence electrons. The Hall–Kier alpha value is -3.16. The number of benzene rings is 2. The summed E-state index contributed by atoms with van der Waals surface area (Å²) in [5.74, 6) is 0.380. The molecule has 1 aliphatic heterocycles. The van der Waals surface area contributed by atoms with Gasteiger partial charge in [0, 0.05) is 18.0 Å². The number of likely N-dealkylation sites (N-methyl/N-ethyl adjacent to an activating group) is 1. The van der Waals surface area contributed by atoms with E-state index in [2.05, 4.69) is 17.1 Å². The predicted octanol–water partition coefficient (Wildman–Crippen LogP) is 5.35. The highest BCUT2D eigenvalue weighted by atomic mass is 32.1. The highest BCUT2D eigenvalue weighted by Crippen LogP contribution is 2.38. The van der Waals surface area contributed by atoms with Crippen molar-refractivity contribution in [1.29, 1.82) is 0 Å². The van der Waals surface area contributed by atoms with Crippen LogP contribution < -0.4 is 10.1 Å². The number of para-hydroxylation sites is 2.